The Kier molecular flexibility index (Phi) is 7.00. The Morgan fingerprint density at radius 3 is 2.54 bits per heavy atom. The van der Waals surface area contributed by atoms with Crippen LogP contribution in [0.15, 0.2) is 79.4 Å². The van der Waals surface area contributed by atoms with Crippen molar-refractivity contribution in [2.45, 2.75) is 19.0 Å². The fourth-order valence-corrected chi connectivity index (χ4v) is 3.74. The summed E-state index contributed by atoms with van der Waals surface area (Å²) in [5.74, 6) is 6.21. The zero-order valence-electron chi connectivity index (χ0n) is 19.4. The molecule has 11 heteroatoms. The number of aromatic nitrogens is 4. The second-order valence-electron chi connectivity index (χ2n) is 8.04. The second-order valence-corrected chi connectivity index (χ2v) is 8.04. The number of carbonyl (C=O) groups is 1. The van der Waals surface area contributed by atoms with Crippen molar-refractivity contribution in [3.05, 3.63) is 96.1 Å². The molecular formula is C26H21F2N7O2. The third kappa shape index (κ3) is 5.88. The zero-order chi connectivity index (χ0) is 25.6. The van der Waals surface area contributed by atoms with Gasteiger partial charge in [-0.2, -0.15) is 18.9 Å². The molecule has 0 bridgehead atoms. The smallest absolute Gasteiger partial charge is 0.321 e. The minimum atomic E-state index is -2.72. The van der Waals surface area contributed by atoms with E-state index in [4.69, 9.17) is 4.84 Å². The normalized spacial score (nSPS) is 14.8. The summed E-state index contributed by atoms with van der Waals surface area (Å²) < 4.78 is 25.8. The molecule has 1 fully saturated rings. The summed E-state index contributed by atoms with van der Waals surface area (Å²) in [7, 11) is 0. The molecule has 0 unspecified atom stereocenters. The first kappa shape index (κ1) is 23.9. The molecule has 2 N–H and O–H groups in total. The Morgan fingerprint density at radius 2 is 1.78 bits per heavy atom. The van der Waals surface area contributed by atoms with Gasteiger partial charge in [-0.15, -0.1) is 0 Å². The minimum absolute atomic E-state index is 0.151. The maximum atomic E-state index is 12.9. The van der Waals surface area contributed by atoms with Gasteiger partial charge in [-0.1, -0.05) is 48.2 Å². The summed E-state index contributed by atoms with van der Waals surface area (Å²) >= 11 is 0. The van der Waals surface area contributed by atoms with E-state index in [1.807, 2.05) is 36.4 Å². The van der Waals surface area contributed by atoms with Gasteiger partial charge in [-0.25, -0.2) is 19.4 Å². The van der Waals surface area contributed by atoms with Crippen molar-refractivity contribution < 1.29 is 18.4 Å². The van der Waals surface area contributed by atoms with Crippen LogP contribution >= 0.6 is 0 Å². The van der Waals surface area contributed by atoms with Crippen LogP contribution < -0.4 is 10.6 Å². The van der Waals surface area contributed by atoms with E-state index in [1.54, 1.807) is 18.2 Å². The predicted molar refractivity (Wildman–Crippen MR) is 132 cm³/mol. The summed E-state index contributed by atoms with van der Waals surface area (Å²) in [4.78, 5) is 26.8. The largest absolute Gasteiger partial charge is 0.346 e. The number of hydrogen-bond acceptors (Lipinski definition) is 6. The van der Waals surface area contributed by atoms with Crippen molar-refractivity contribution in [2.75, 3.05) is 17.2 Å². The quantitative estimate of drug-likeness (QED) is 0.369. The van der Waals surface area contributed by atoms with Crippen LogP contribution in [0.3, 0.4) is 0 Å². The minimum Gasteiger partial charge on any atom is -0.321 e. The molecule has 1 saturated heterocycles. The number of nitrogens with zero attached hydrogens (tertiary/aromatic N) is 5. The van der Waals surface area contributed by atoms with Crippen LogP contribution in [-0.4, -0.2) is 37.4 Å². The Hall–Kier alpha value is -4.82. The summed E-state index contributed by atoms with van der Waals surface area (Å²) in [6.45, 7) is -2.26. The molecule has 4 aromatic rings. The molecule has 3 heterocycles. The van der Waals surface area contributed by atoms with Crippen LogP contribution in [0.1, 0.15) is 35.7 Å². The van der Waals surface area contributed by atoms with Crippen LogP contribution in [0.25, 0.3) is 0 Å². The number of benzene rings is 2. The SMILES string of the molecule is O=C(Nc1cccc(C#Cc2cnc(Nc3cnn(C(F)F)c3)nc2)c1)N1OCC[C@H]1c1ccccc1. The third-order valence-corrected chi connectivity index (χ3v) is 5.46. The molecule has 0 aliphatic carbocycles. The lowest BCUT2D eigenvalue weighted by Gasteiger charge is -2.23. The Bertz CT molecular complexity index is 1430. The second kappa shape index (κ2) is 10.8. The van der Waals surface area contributed by atoms with Crippen molar-refractivity contribution in [3.63, 3.8) is 0 Å². The van der Waals surface area contributed by atoms with Gasteiger partial charge < -0.3 is 10.6 Å². The van der Waals surface area contributed by atoms with E-state index in [1.165, 1.54) is 23.7 Å². The summed E-state index contributed by atoms with van der Waals surface area (Å²) in [5.41, 5.74) is 3.17. The van der Waals surface area contributed by atoms with Gasteiger partial charge in [0.1, 0.15) is 0 Å². The van der Waals surface area contributed by atoms with Gasteiger partial charge in [0.2, 0.25) is 5.95 Å². The van der Waals surface area contributed by atoms with Crippen LogP contribution in [0.5, 0.6) is 0 Å². The number of alkyl halides is 2. The van der Waals surface area contributed by atoms with Gasteiger partial charge in [0, 0.05) is 30.1 Å². The molecule has 5 rings (SSSR count). The van der Waals surface area contributed by atoms with E-state index in [9.17, 15) is 13.6 Å². The highest BCUT2D eigenvalue weighted by Crippen LogP contribution is 2.30. The molecule has 1 aliphatic rings. The van der Waals surface area contributed by atoms with Crippen molar-refractivity contribution in [1.82, 2.24) is 24.8 Å². The predicted octanol–water partition coefficient (Wildman–Crippen LogP) is 5.12. The molecule has 1 aliphatic heterocycles. The molecule has 2 aromatic heterocycles. The summed E-state index contributed by atoms with van der Waals surface area (Å²) in [6.07, 6.45) is 6.16. The summed E-state index contributed by atoms with van der Waals surface area (Å²) in [6, 6.07) is 16.4. The highest BCUT2D eigenvalue weighted by molar-refractivity contribution is 5.89. The number of nitrogens with one attached hydrogen (secondary N) is 2. The number of amides is 2. The third-order valence-electron chi connectivity index (χ3n) is 5.46. The van der Waals surface area contributed by atoms with Crippen molar-refractivity contribution in [3.8, 4) is 11.8 Å². The van der Waals surface area contributed by atoms with Gasteiger partial charge in [0.15, 0.2) is 0 Å². The van der Waals surface area contributed by atoms with Crippen LogP contribution in [0.4, 0.5) is 30.9 Å². The molecule has 1 atom stereocenters. The Balaban J connectivity index is 1.21. The van der Waals surface area contributed by atoms with Crippen LogP contribution in [0.2, 0.25) is 0 Å². The molecule has 2 aromatic carbocycles. The van der Waals surface area contributed by atoms with E-state index >= 15 is 0 Å². The lowest BCUT2D eigenvalue weighted by Crippen LogP contribution is -2.33. The molecule has 186 valence electrons. The van der Waals surface area contributed by atoms with Gasteiger partial charge >= 0.3 is 12.6 Å². The number of urea groups is 1. The van der Waals surface area contributed by atoms with E-state index in [0.29, 0.717) is 33.8 Å². The average Bonchev–Trinajstić information content (AvgIpc) is 3.60. The zero-order valence-corrected chi connectivity index (χ0v) is 19.4. The van der Waals surface area contributed by atoms with E-state index in [2.05, 4.69) is 37.5 Å². The number of anilines is 3. The molecule has 0 saturated carbocycles. The first-order valence-corrected chi connectivity index (χ1v) is 11.4. The van der Waals surface area contributed by atoms with Crippen molar-refractivity contribution >= 4 is 23.4 Å². The van der Waals surface area contributed by atoms with Crippen LogP contribution in [0, 0.1) is 11.8 Å². The molecule has 0 spiro atoms. The fourth-order valence-electron chi connectivity index (χ4n) is 3.74. The van der Waals surface area contributed by atoms with Crippen LogP contribution in [-0.2, 0) is 4.84 Å². The molecular weight excluding hydrogens is 480 g/mol. The van der Waals surface area contributed by atoms with Gasteiger partial charge in [-0.3, -0.25) is 4.84 Å². The number of hydrogen-bond donors (Lipinski definition) is 2. The molecule has 0 radical (unpaired) electrons. The number of rotatable bonds is 5. The van der Waals surface area contributed by atoms with Gasteiger partial charge in [0.25, 0.3) is 0 Å². The molecule has 37 heavy (non-hydrogen) atoms. The number of halogens is 2. The topological polar surface area (TPSA) is 97.2 Å². The van der Waals surface area contributed by atoms with Crippen molar-refractivity contribution in [2.24, 2.45) is 0 Å². The Labute approximate surface area is 211 Å². The lowest BCUT2D eigenvalue weighted by atomic mass is 10.1. The van der Waals surface area contributed by atoms with Gasteiger partial charge in [0.05, 0.1) is 36.3 Å². The Morgan fingerprint density at radius 1 is 1.00 bits per heavy atom. The maximum absolute atomic E-state index is 12.9. The fraction of sp³-hybridized carbons (Fsp3) is 0.154. The molecule has 9 nitrogen and oxygen atoms in total. The highest BCUT2D eigenvalue weighted by atomic mass is 19.3. The first-order valence-electron chi connectivity index (χ1n) is 11.4. The lowest BCUT2D eigenvalue weighted by molar-refractivity contribution is -0.0829. The number of hydroxylamine groups is 2. The van der Waals surface area contributed by atoms with Gasteiger partial charge in [-0.05, 0) is 23.8 Å². The first-order chi connectivity index (χ1) is 18.0. The van der Waals surface area contributed by atoms with E-state index < -0.39 is 6.55 Å². The standard InChI is InChI=1S/C26H21F2N7O2/c27-24(28)34-17-22(16-31-34)32-25-29-14-19(15-30-25)10-9-18-5-4-8-21(13-18)33-26(36)35-23(11-12-37-35)20-6-2-1-3-7-20/h1-8,13-17,23-24H,11-12H2,(H,33,36)(H,29,30,32)/t23-/m0/s1. The summed E-state index contributed by atoms with van der Waals surface area (Å²) in [5, 5.41) is 10.6. The highest BCUT2D eigenvalue weighted by Gasteiger charge is 2.31. The van der Waals surface area contributed by atoms with E-state index in [0.717, 1.165) is 18.2 Å². The maximum Gasteiger partial charge on any atom is 0.346 e. The van der Waals surface area contributed by atoms with E-state index in [-0.39, 0.29) is 18.0 Å². The monoisotopic (exact) mass is 501 g/mol. The number of carbonyl (C=O) groups excluding carboxylic acids is 1. The molecule has 2 amide bonds. The van der Waals surface area contributed by atoms with Crippen molar-refractivity contribution in [1.29, 1.82) is 0 Å². The average molecular weight is 501 g/mol.